The molecule has 1 N–H and O–H groups in total. The van der Waals surface area contributed by atoms with Crippen molar-refractivity contribution in [3.63, 3.8) is 0 Å². The van der Waals surface area contributed by atoms with Gasteiger partial charge in [-0.3, -0.25) is 4.79 Å². The molecular formula is C16H24O3S. The highest BCUT2D eigenvalue weighted by Crippen LogP contribution is 2.23. The van der Waals surface area contributed by atoms with Gasteiger partial charge in [0.25, 0.3) is 0 Å². The van der Waals surface area contributed by atoms with E-state index in [-0.39, 0.29) is 11.7 Å². The molecule has 0 bridgehead atoms. The minimum Gasteiger partial charge on any atom is -0.507 e. The van der Waals surface area contributed by atoms with Gasteiger partial charge >= 0.3 is 5.97 Å². The van der Waals surface area contributed by atoms with E-state index in [1.54, 1.807) is 0 Å². The molecule has 0 radical (unpaired) electrons. The first-order chi connectivity index (χ1) is 9.54. The maximum atomic E-state index is 10.9. The molecule has 0 saturated carbocycles. The minimum atomic E-state index is -0.247. The van der Waals surface area contributed by atoms with Gasteiger partial charge in [0.05, 0.1) is 12.4 Å². The Morgan fingerprint density at radius 2 is 1.75 bits per heavy atom. The van der Waals surface area contributed by atoms with Crippen LogP contribution in [0.25, 0.3) is 0 Å². The summed E-state index contributed by atoms with van der Waals surface area (Å²) >= 11 is 3.85. The molecule has 0 saturated heterocycles. The van der Waals surface area contributed by atoms with E-state index in [2.05, 4.69) is 24.8 Å². The number of carbonyl (C=O) groups excluding carboxylic acids is 1. The zero-order chi connectivity index (χ0) is 15.0. The van der Waals surface area contributed by atoms with E-state index in [1.165, 1.54) is 5.56 Å². The summed E-state index contributed by atoms with van der Waals surface area (Å²) in [7, 11) is 0. The fraction of sp³-hybridized carbons (Fsp3) is 0.562. The molecule has 1 aromatic carbocycles. The van der Waals surface area contributed by atoms with Gasteiger partial charge in [-0.25, -0.2) is 0 Å². The molecule has 0 fully saturated rings. The Hall–Kier alpha value is -1.16. The Kier molecular flexibility index (Phi) is 7.52. The summed E-state index contributed by atoms with van der Waals surface area (Å²) in [5.74, 6) is 0.308. The minimum absolute atomic E-state index is 0.152. The molecule has 0 heterocycles. The van der Waals surface area contributed by atoms with E-state index < -0.39 is 0 Å². The van der Waals surface area contributed by atoms with Crippen LogP contribution in [0.15, 0.2) is 12.1 Å². The number of unbranched alkanes of at least 4 members (excludes halogenated alkanes) is 3. The lowest BCUT2D eigenvalue weighted by molar-refractivity contribution is -0.140. The number of aromatic hydroxyl groups is 1. The number of phenolic OH excluding ortho intramolecular Hbond substituents is 1. The number of esters is 1. The highest BCUT2D eigenvalue weighted by Gasteiger charge is 2.03. The van der Waals surface area contributed by atoms with Gasteiger partial charge in [0.2, 0.25) is 0 Å². The summed E-state index contributed by atoms with van der Waals surface area (Å²) in [6.45, 7) is 4.36. The van der Waals surface area contributed by atoms with Crippen molar-refractivity contribution in [1.29, 1.82) is 0 Å². The lowest BCUT2D eigenvalue weighted by Gasteiger charge is -2.08. The number of aryl methyl sites for hydroxylation is 3. The first-order valence-electron chi connectivity index (χ1n) is 7.10. The molecular weight excluding hydrogens is 272 g/mol. The summed E-state index contributed by atoms with van der Waals surface area (Å²) in [5.41, 5.74) is 3.16. The third-order valence-electron chi connectivity index (χ3n) is 3.30. The van der Waals surface area contributed by atoms with Gasteiger partial charge in [-0.1, -0.05) is 25.0 Å². The van der Waals surface area contributed by atoms with E-state index in [0.717, 1.165) is 43.2 Å². The van der Waals surface area contributed by atoms with Crippen molar-refractivity contribution < 1.29 is 14.6 Å². The van der Waals surface area contributed by atoms with Crippen LogP contribution in [-0.2, 0) is 16.0 Å². The summed E-state index contributed by atoms with van der Waals surface area (Å²) in [6.07, 6.45) is 5.24. The summed E-state index contributed by atoms with van der Waals surface area (Å²) < 4.78 is 4.96. The second kappa shape index (κ2) is 8.90. The number of carbonyl (C=O) groups is 1. The Balaban J connectivity index is 2.17. The Morgan fingerprint density at radius 1 is 1.15 bits per heavy atom. The van der Waals surface area contributed by atoms with Crippen LogP contribution in [0.5, 0.6) is 5.75 Å². The maximum Gasteiger partial charge on any atom is 0.315 e. The average Bonchev–Trinajstić information content (AvgIpc) is 2.43. The van der Waals surface area contributed by atoms with Crippen molar-refractivity contribution in [3.05, 3.63) is 28.8 Å². The van der Waals surface area contributed by atoms with Crippen LogP contribution in [-0.4, -0.2) is 23.4 Å². The third kappa shape index (κ3) is 5.87. The molecule has 0 unspecified atom stereocenters. The molecule has 0 aliphatic heterocycles. The van der Waals surface area contributed by atoms with Gasteiger partial charge < -0.3 is 9.84 Å². The van der Waals surface area contributed by atoms with Gasteiger partial charge in [0.1, 0.15) is 5.75 Å². The van der Waals surface area contributed by atoms with Crippen molar-refractivity contribution in [1.82, 2.24) is 0 Å². The number of rotatable bonds is 8. The molecule has 20 heavy (non-hydrogen) atoms. The number of phenols is 1. The first kappa shape index (κ1) is 16.9. The Morgan fingerprint density at radius 3 is 2.35 bits per heavy atom. The van der Waals surface area contributed by atoms with Gasteiger partial charge in [-0.15, -0.1) is 0 Å². The zero-order valence-corrected chi connectivity index (χ0v) is 13.2. The molecule has 0 spiro atoms. The Labute approximate surface area is 126 Å². The van der Waals surface area contributed by atoms with E-state index >= 15 is 0 Å². The average molecular weight is 296 g/mol. The van der Waals surface area contributed by atoms with Gasteiger partial charge in [0.15, 0.2) is 0 Å². The molecule has 0 aliphatic carbocycles. The molecule has 0 aliphatic rings. The summed E-state index contributed by atoms with van der Waals surface area (Å²) in [6, 6.07) is 4.10. The lowest BCUT2D eigenvalue weighted by atomic mass is 10.0. The van der Waals surface area contributed by atoms with Crippen LogP contribution in [0.4, 0.5) is 0 Å². The molecule has 0 aromatic heterocycles. The topological polar surface area (TPSA) is 46.5 Å². The Bertz CT molecular complexity index is 420. The molecule has 1 rings (SSSR count). The lowest BCUT2D eigenvalue weighted by Crippen LogP contribution is -2.06. The first-order valence-corrected chi connectivity index (χ1v) is 7.73. The molecule has 0 atom stereocenters. The summed E-state index contributed by atoms with van der Waals surface area (Å²) in [5, 5.41) is 9.72. The highest BCUT2D eigenvalue weighted by atomic mass is 32.1. The number of hydrogen-bond donors (Lipinski definition) is 2. The second-order valence-corrected chi connectivity index (χ2v) is 5.44. The van der Waals surface area contributed by atoms with Gasteiger partial charge in [0, 0.05) is 0 Å². The molecule has 112 valence electrons. The van der Waals surface area contributed by atoms with Crippen LogP contribution in [0.2, 0.25) is 0 Å². The SMILES string of the molecule is Cc1cc(CCCCCCOC(=O)CS)cc(C)c1O. The summed E-state index contributed by atoms with van der Waals surface area (Å²) in [4.78, 5) is 10.9. The van der Waals surface area contributed by atoms with Crippen molar-refractivity contribution in [2.24, 2.45) is 0 Å². The quantitative estimate of drug-likeness (QED) is 0.438. The number of benzene rings is 1. The highest BCUT2D eigenvalue weighted by molar-refractivity contribution is 7.81. The van der Waals surface area contributed by atoms with Crippen LogP contribution in [0, 0.1) is 13.8 Å². The van der Waals surface area contributed by atoms with Crippen molar-refractivity contribution in [2.45, 2.75) is 46.0 Å². The van der Waals surface area contributed by atoms with Gasteiger partial charge in [-0.05, 0) is 49.8 Å². The molecule has 4 heteroatoms. The fourth-order valence-corrected chi connectivity index (χ4v) is 2.30. The third-order valence-corrected chi connectivity index (χ3v) is 3.56. The largest absolute Gasteiger partial charge is 0.507 e. The number of thiol groups is 1. The van der Waals surface area contributed by atoms with Crippen LogP contribution < -0.4 is 0 Å². The number of hydrogen-bond acceptors (Lipinski definition) is 4. The van der Waals surface area contributed by atoms with Crippen molar-refractivity contribution in [3.8, 4) is 5.75 Å². The normalized spacial score (nSPS) is 10.6. The van der Waals surface area contributed by atoms with Crippen LogP contribution >= 0.6 is 12.6 Å². The second-order valence-electron chi connectivity index (χ2n) is 5.12. The zero-order valence-electron chi connectivity index (χ0n) is 12.3. The predicted molar refractivity (Wildman–Crippen MR) is 84.6 cm³/mol. The van der Waals surface area contributed by atoms with E-state index in [1.807, 2.05) is 13.8 Å². The molecule has 1 aromatic rings. The van der Waals surface area contributed by atoms with Crippen molar-refractivity contribution in [2.75, 3.05) is 12.4 Å². The molecule has 3 nitrogen and oxygen atoms in total. The van der Waals surface area contributed by atoms with Crippen molar-refractivity contribution >= 4 is 18.6 Å². The fourth-order valence-electron chi connectivity index (χ4n) is 2.21. The standard InChI is InChI=1S/C16H24O3S/c1-12-9-14(10-13(2)16(12)18)7-5-3-4-6-8-19-15(17)11-20/h9-10,18,20H,3-8,11H2,1-2H3. The van der Waals surface area contributed by atoms with Crippen LogP contribution in [0.1, 0.15) is 42.4 Å². The molecule has 0 amide bonds. The monoisotopic (exact) mass is 296 g/mol. The van der Waals surface area contributed by atoms with E-state index in [4.69, 9.17) is 4.74 Å². The predicted octanol–water partition coefficient (Wildman–Crippen LogP) is 3.58. The van der Waals surface area contributed by atoms with Crippen LogP contribution in [0.3, 0.4) is 0 Å². The van der Waals surface area contributed by atoms with E-state index in [0.29, 0.717) is 12.4 Å². The smallest absolute Gasteiger partial charge is 0.315 e. The van der Waals surface area contributed by atoms with E-state index in [9.17, 15) is 9.90 Å². The maximum absolute atomic E-state index is 10.9. The van der Waals surface area contributed by atoms with Gasteiger partial charge in [-0.2, -0.15) is 12.6 Å². The number of ether oxygens (including phenoxy) is 1.